The summed E-state index contributed by atoms with van der Waals surface area (Å²) in [6.07, 6.45) is 0.970. The fourth-order valence-electron chi connectivity index (χ4n) is 1.17. The van der Waals surface area contributed by atoms with Crippen LogP contribution >= 0.6 is 11.3 Å². The lowest BCUT2D eigenvalue weighted by Gasteiger charge is -1.84. The molecule has 74 valence electrons. The van der Waals surface area contributed by atoms with E-state index in [4.69, 9.17) is 4.42 Å². The molecule has 0 unspecified atom stereocenters. The molecule has 0 atom stereocenters. The Morgan fingerprint density at radius 2 is 1.93 bits per heavy atom. The first-order chi connectivity index (χ1) is 6.40. The SMILES string of the molecule is CCc1[o+]c(-c2ccccc2)cs1.[Br-]. The van der Waals surface area contributed by atoms with Gasteiger partial charge in [-0.1, -0.05) is 25.1 Å². The van der Waals surface area contributed by atoms with E-state index in [0.717, 1.165) is 22.8 Å². The smallest absolute Gasteiger partial charge is 0.385 e. The maximum absolute atomic E-state index is 5.64. The molecule has 1 nitrogen and oxygen atoms in total. The van der Waals surface area contributed by atoms with Crippen molar-refractivity contribution in [3.05, 3.63) is 40.8 Å². The minimum absolute atomic E-state index is 0. The highest BCUT2D eigenvalue weighted by molar-refractivity contribution is 7.09. The zero-order valence-corrected chi connectivity index (χ0v) is 10.3. The molecule has 14 heavy (non-hydrogen) atoms. The average molecular weight is 271 g/mol. The van der Waals surface area contributed by atoms with Gasteiger partial charge in [-0.25, -0.2) is 0 Å². The number of hydrogen-bond acceptors (Lipinski definition) is 1. The quantitative estimate of drug-likeness (QED) is 0.737. The van der Waals surface area contributed by atoms with Crippen LogP contribution in [0.15, 0.2) is 40.1 Å². The zero-order chi connectivity index (χ0) is 9.10. The molecule has 1 aromatic carbocycles. The fraction of sp³-hybridized carbons (Fsp3) is 0.182. The van der Waals surface area contributed by atoms with Crippen LogP contribution in [-0.2, 0) is 6.42 Å². The third-order valence-corrected chi connectivity index (χ3v) is 2.84. The summed E-state index contributed by atoms with van der Waals surface area (Å²) in [5.41, 5.74) is 1.15. The number of halogens is 1. The van der Waals surface area contributed by atoms with Crippen molar-refractivity contribution in [2.75, 3.05) is 0 Å². The molecule has 0 amide bonds. The Morgan fingerprint density at radius 3 is 2.50 bits per heavy atom. The average Bonchev–Trinajstić information content (AvgIpc) is 2.67. The van der Waals surface area contributed by atoms with E-state index >= 15 is 0 Å². The molecule has 2 rings (SSSR count). The van der Waals surface area contributed by atoms with Gasteiger partial charge >= 0.3 is 10.8 Å². The molecule has 1 aromatic heterocycles. The molecule has 3 heteroatoms. The topological polar surface area (TPSA) is 11.3 Å². The van der Waals surface area contributed by atoms with E-state index < -0.39 is 0 Å². The second kappa shape index (κ2) is 5.27. The van der Waals surface area contributed by atoms with E-state index in [1.807, 2.05) is 18.2 Å². The van der Waals surface area contributed by atoms with E-state index in [0.29, 0.717) is 0 Å². The Balaban J connectivity index is 0.000000980. The largest absolute Gasteiger partial charge is 1.00 e. The minimum Gasteiger partial charge on any atom is -1.00 e. The van der Waals surface area contributed by atoms with Crippen molar-refractivity contribution in [3.8, 4) is 11.3 Å². The Labute approximate surface area is 98.2 Å². The van der Waals surface area contributed by atoms with Crippen molar-refractivity contribution >= 4 is 11.3 Å². The summed E-state index contributed by atoms with van der Waals surface area (Å²) in [6.45, 7) is 2.10. The summed E-state index contributed by atoms with van der Waals surface area (Å²) in [6, 6.07) is 10.2. The Kier molecular flexibility index (Phi) is 4.29. The molecule has 0 saturated carbocycles. The molecule has 2 aromatic rings. The second-order valence-electron chi connectivity index (χ2n) is 2.79. The molecule has 0 bridgehead atoms. The Bertz CT molecular complexity index is 383. The van der Waals surface area contributed by atoms with E-state index in [1.54, 1.807) is 11.3 Å². The summed E-state index contributed by atoms with van der Waals surface area (Å²) in [4.78, 5) is 0. The van der Waals surface area contributed by atoms with Gasteiger partial charge in [-0.15, -0.1) is 0 Å². The van der Waals surface area contributed by atoms with Crippen LogP contribution in [0.2, 0.25) is 0 Å². The van der Waals surface area contributed by atoms with Gasteiger partial charge < -0.3 is 17.0 Å². The standard InChI is InChI=1S/C11H11OS.BrH/c1-2-11-12-10(8-13-11)9-6-4-3-5-7-9;/h3-8H,2H2,1H3;1H/q+1;/p-1. The molecule has 0 aliphatic carbocycles. The van der Waals surface area contributed by atoms with Crippen LogP contribution in [0.1, 0.15) is 12.0 Å². The molecule has 0 saturated heterocycles. The van der Waals surface area contributed by atoms with Gasteiger partial charge in [-0.05, 0) is 23.5 Å². The molecule has 0 fully saturated rings. The lowest BCUT2D eigenvalue weighted by atomic mass is 10.2. The third kappa shape index (κ3) is 2.42. The van der Waals surface area contributed by atoms with Crippen LogP contribution < -0.4 is 17.0 Å². The van der Waals surface area contributed by atoms with Gasteiger partial charge in [-0.2, -0.15) is 4.42 Å². The molecule has 0 aliphatic rings. The minimum atomic E-state index is 0. The van der Waals surface area contributed by atoms with Gasteiger partial charge in [0.25, 0.3) is 0 Å². The molecule has 0 N–H and O–H groups in total. The Morgan fingerprint density at radius 1 is 1.21 bits per heavy atom. The fourth-order valence-corrected chi connectivity index (χ4v) is 1.90. The van der Waals surface area contributed by atoms with Gasteiger partial charge in [0.05, 0.1) is 12.0 Å². The first-order valence-corrected chi connectivity index (χ1v) is 5.24. The maximum Gasteiger partial charge on any atom is 0.385 e. The number of benzene rings is 1. The summed E-state index contributed by atoms with van der Waals surface area (Å²) in [5, 5.41) is 3.15. The zero-order valence-electron chi connectivity index (χ0n) is 7.87. The lowest BCUT2D eigenvalue weighted by Crippen LogP contribution is -3.00. The van der Waals surface area contributed by atoms with Crippen LogP contribution in [-0.4, -0.2) is 0 Å². The molecular weight excluding hydrogens is 260 g/mol. The predicted octanol–water partition coefficient (Wildman–Crippen LogP) is 0.856. The van der Waals surface area contributed by atoms with Gasteiger partial charge in [-0.3, -0.25) is 0 Å². The normalized spacial score (nSPS) is 9.50. The van der Waals surface area contributed by atoms with Crippen molar-refractivity contribution < 1.29 is 21.4 Å². The van der Waals surface area contributed by atoms with Crippen LogP contribution in [0.4, 0.5) is 0 Å². The van der Waals surface area contributed by atoms with Crippen LogP contribution in [0.5, 0.6) is 0 Å². The molecule has 0 spiro atoms. The van der Waals surface area contributed by atoms with E-state index in [-0.39, 0.29) is 17.0 Å². The number of aryl methyl sites for hydroxylation is 1. The summed E-state index contributed by atoms with van der Waals surface area (Å²) in [5.74, 6) is 0.974. The highest BCUT2D eigenvalue weighted by Gasteiger charge is 2.16. The van der Waals surface area contributed by atoms with E-state index in [1.165, 1.54) is 0 Å². The van der Waals surface area contributed by atoms with Crippen LogP contribution in [0.3, 0.4) is 0 Å². The van der Waals surface area contributed by atoms with Crippen molar-refractivity contribution in [1.82, 2.24) is 0 Å². The van der Waals surface area contributed by atoms with Gasteiger partial charge in [0, 0.05) is 0 Å². The van der Waals surface area contributed by atoms with Crippen molar-refractivity contribution in [3.63, 3.8) is 0 Å². The summed E-state index contributed by atoms with van der Waals surface area (Å²) in [7, 11) is 0. The van der Waals surface area contributed by atoms with E-state index in [9.17, 15) is 0 Å². The van der Waals surface area contributed by atoms with Gasteiger partial charge in [0.1, 0.15) is 5.38 Å². The first kappa shape index (κ1) is 11.4. The van der Waals surface area contributed by atoms with Crippen LogP contribution in [0, 0.1) is 0 Å². The predicted molar refractivity (Wildman–Crippen MR) is 55.8 cm³/mol. The molecule has 0 radical (unpaired) electrons. The number of rotatable bonds is 2. The maximum atomic E-state index is 5.64. The molecule has 0 aliphatic heterocycles. The number of hydrogen-bond donors (Lipinski definition) is 0. The summed E-state index contributed by atoms with van der Waals surface area (Å²) >= 11 is 1.68. The van der Waals surface area contributed by atoms with Crippen molar-refractivity contribution in [2.24, 2.45) is 0 Å². The highest BCUT2D eigenvalue weighted by atomic mass is 79.9. The Hall–Kier alpha value is -0.670. The van der Waals surface area contributed by atoms with Crippen molar-refractivity contribution in [2.45, 2.75) is 13.3 Å². The summed E-state index contributed by atoms with van der Waals surface area (Å²) < 4.78 is 5.64. The third-order valence-electron chi connectivity index (χ3n) is 1.87. The molecule has 1 heterocycles. The van der Waals surface area contributed by atoms with Crippen molar-refractivity contribution in [1.29, 1.82) is 0 Å². The monoisotopic (exact) mass is 270 g/mol. The first-order valence-electron chi connectivity index (χ1n) is 4.36. The lowest BCUT2D eigenvalue weighted by molar-refractivity contribution is -0.00000308. The van der Waals surface area contributed by atoms with Crippen LogP contribution in [0.25, 0.3) is 11.3 Å². The van der Waals surface area contributed by atoms with E-state index in [2.05, 4.69) is 24.4 Å². The molecular formula is C11H11BrOS. The highest BCUT2D eigenvalue weighted by Crippen LogP contribution is 2.25. The van der Waals surface area contributed by atoms with Gasteiger partial charge in [0.15, 0.2) is 0 Å². The van der Waals surface area contributed by atoms with Gasteiger partial charge in [0.2, 0.25) is 0 Å². The second-order valence-corrected chi connectivity index (χ2v) is 3.72.